The summed E-state index contributed by atoms with van der Waals surface area (Å²) in [5.74, 6) is 0. The van der Waals surface area contributed by atoms with Crippen LogP contribution >= 0.6 is 11.6 Å². The standard InChI is InChI=1S/C15H23ClN2/c1-12(13-4-3-5-14(16)10-13)18(2)11-15(6-7-15)8-9-17/h3-5,10,12H,6-9,11,17H2,1-2H3. The molecule has 18 heavy (non-hydrogen) atoms. The van der Waals surface area contributed by atoms with Crippen LogP contribution in [0.4, 0.5) is 0 Å². The summed E-state index contributed by atoms with van der Waals surface area (Å²) < 4.78 is 0. The second-order valence-electron chi connectivity index (χ2n) is 5.68. The highest BCUT2D eigenvalue weighted by molar-refractivity contribution is 6.30. The van der Waals surface area contributed by atoms with E-state index in [0.717, 1.165) is 24.5 Å². The molecule has 0 saturated heterocycles. The van der Waals surface area contributed by atoms with Gasteiger partial charge in [0.25, 0.3) is 0 Å². The minimum Gasteiger partial charge on any atom is -0.330 e. The van der Waals surface area contributed by atoms with E-state index in [2.05, 4.69) is 31.0 Å². The molecule has 1 fully saturated rings. The van der Waals surface area contributed by atoms with Gasteiger partial charge in [0.2, 0.25) is 0 Å². The average Bonchev–Trinajstić information content (AvgIpc) is 3.08. The number of halogens is 1. The van der Waals surface area contributed by atoms with Crippen molar-refractivity contribution in [2.75, 3.05) is 20.1 Å². The highest BCUT2D eigenvalue weighted by Crippen LogP contribution is 2.49. The molecule has 1 aliphatic rings. The lowest BCUT2D eigenvalue weighted by Crippen LogP contribution is -2.30. The van der Waals surface area contributed by atoms with E-state index in [-0.39, 0.29) is 0 Å². The van der Waals surface area contributed by atoms with Crippen LogP contribution in [0.15, 0.2) is 24.3 Å². The Morgan fingerprint density at radius 2 is 2.17 bits per heavy atom. The van der Waals surface area contributed by atoms with E-state index in [1.807, 2.05) is 12.1 Å². The molecule has 1 unspecified atom stereocenters. The van der Waals surface area contributed by atoms with Gasteiger partial charge in [0, 0.05) is 17.6 Å². The molecule has 0 radical (unpaired) electrons. The number of nitrogens with zero attached hydrogens (tertiary/aromatic N) is 1. The maximum absolute atomic E-state index is 6.05. The molecular weight excluding hydrogens is 244 g/mol. The Bertz CT molecular complexity index is 401. The van der Waals surface area contributed by atoms with Crippen LogP contribution in [0.5, 0.6) is 0 Å². The van der Waals surface area contributed by atoms with E-state index in [0.29, 0.717) is 11.5 Å². The monoisotopic (exact) mass is 266 g/mol. The van der Waals surface area contributed by atoms with Crippen LogP contribution in [0.2, 0.25) is 5.02 Å². The fourth-order valence-corrected chi connectivity index (χ4v) is 2.86. The van der Waals surface area contributed by atoms with Gasteiger partial charge in [-0.15, -0.1) is 0 Å². The van der Waals surface area contributed by atoms with Crippen LogP contribution < -0.4 is 5.73 Å². The van der Waals surface area contributed by atoms with Crippen molar-refractivity contribution in [2.45, 2.75) is 32.2 Å². The summed E-state index contributed by atoms with van der Waals surface area (Å²) >= 11 is 6.05. The summed E-state index contributed by atoms with van der Waals surface area (Å²) in [4.78, 5) is 2.42. The summed E-state index contributed by atoms with van der Waals surface area (Å²) in [5.41, 5.74) is 7.48. The third-order valence-electron chi connectivity index (χ3n) is 4.21. The molecule has 1 atom stereocenters. The summed E-state index contributed by atoms with van der Waals surface area (Å²) in [6.45, 7) is 4.18. The predicted molar refractivity (Wildman–Crippen MR) is 77.8 cm³/mol. The van der Waals surface area contributed by atoms with E-state index in [1.165, 1.54) is 18.4 Å². The largest absolute Gasteiger partial charge is 0.330 e. The lowest BCUT2D eigenvalue weighted by molar-refractivity contribution is 0.203. The third-order valence-corrected chi connectivity index (χ3v) is 4.44. The molecule has 2 nitrogen and oxygen atoms in total. The van der Waals surface area contributed by atoms with E-state index in [1.54, 1.807) is 0 Å². The van der Waals surface area contributed by atoms with Gasteiger partial charge < -0.3 is 5.73 Å². The maximum Gasteiger partial charge on any atom is 0.0409 e. The van der Waals surface area contributed by atoms with Crippen LogP contribution in [0.3, 0.4) is 0 Å². The zero-order chi connectivity index (χ0) is 13.2. The number of rotatable bonds is 6. The fraction of sp³-hybridized carbons (Fsp3) is 0.600. The van der Waals surface area contributed by atoms with Gasteiger partial charge in [0.15, 0.2) is 0 Å². The zero-order valence-corrected chi connectivity index (χ0v) is 12.1. The number of hydrogen-bond donors (Lipinski definition) is 1. The van der Waals surface area contributed by atoms with Crippen molar-refractivity contribution in [2.24, 2.45) is 11.1 Å². The third kappa shape index (κ3) is 3.25. The molecule has 2 N–H and O–H groups in total. The highest BCUT2D eigenvalue weighted by Gasteiger charge is 2.42. The van der Waals surface area contributed by atoms with Gasteiger partial charge >= 0.3 is 0 Å². The smallest absolute Gasteiger partial charge is 0.0409 e. The first-order chi connectivity index (χ1) is 8.56. The minimum atomic E-state index is 0.402. The van der Waals surface area contributed by atoms with Crippen molar-refractivity contribution in [3.8, 4) is 0 Å². The summed E-state index contributed by atoms with van der Waals surface area (Å²) in [6.07, 6.45) is 3.81. The quantitative estimate of drug-likeness (QED) is 0.854. The second kappa shape index (κ2) is 5.60. The van der Waals surface area contributed by atoms with Crippen molar-refractivity contribution in [3.63, 3.8) is 0 Å². The van der Waals surface area contributed by atoms with Crippen molar-refractivity contribution in [3.05, 3.63) is 34.9 Å². The predicted octanol–water partition coefficient (Wildman–Crippen LogP) is 3.46. The lowest BCUT2D eigenvalue weighted by Gasteiger charge is -2.29. The summed E-state index contributed by atoms with van der Waals surface area (Å²) in [5, 5.41) is 0.816. The Balaban J connectivity index is 1.98. The van der Waals surface area contributed by atoms with Crippen molar-refractivity contribution in [1.29, 1.82) is 0 Å². The molecule has 0 aromatic heterocycles. The Morgan fingerprint density at radius 1 is 1.44 bits per heavy atom. The van der Waals surface area contributed by atoms with E-state index < -0.39 is 0 Å². The highest BCUT2D eigenvalue weighted by atomic mass is 35.5. The normalized spacial score (nSPS) is 18.9. The van der Waals surface area contributed by atoms with Gasteiger partial charge in [0.1, 0.15) is 0 Å². The molecular formula is C15H23ClN2. The molecule has 0 heterocycles. The Hall–Kier alpha value is -0.570. The topological polar surface area (TPSA) is 29.3 Å². The first-order valence-electron chi connectivity index (χ1n) is 6.72. The Kier molecular flexibility index (Phi) is 4.31. The maximum atomic E-state index is 6.05. The van der Waals surface area contributed by atoms with Crippen LogP contribution in [0, 0.1) is 5.41 Å². The van der Waals surface area contributed by atoms with Crippen LogP contribution in [-0.2, 0) is 0 Å². The minimum absolute atomic E-state index is 0.402. The summed E-state index contributed by atoms with van der Waals surface area (Å²) in [7, 11) is 2.20. The molecule has 1 saturated carbocycles. The number of benzene rings is 1. The molecule has 1 aliphatic carbocycles. The van der Waals surface area contributed by atoms with Gasteiger partial charge in [-0.3, -0.25) is 4.90 Å². The van der Waals surface area contributed by atoms with Gasteiger partial charge in [-0.05, 0) is 62.9 Å². The first-order valence-corrected chi connectivity index (χ1v) is 7.10. The van der Waals surface area contributed by atoms with Crippen LogP contribution in [0.25, 0.3) is 0 Å². The fourth-order valence-electron chi connectivity index (χ4n) is 2.66. The molecule has 1 aromatic rings. The number of hydrogen-bond acceptors (Lipinski definition) is 2. The molecule has 0 amide bonds. The lowest BCUT2D eigenvalue weighted by atomic mass is 10.00. The molecule has 0 spiro atoms. The van der Waals surface area contributed by atoms with Gasteiger partial charge in [0.05, 0.1) is 0 Å². The van der Waals surface area contributed by atoms with Crippen LogP contribution in [-0.4, -0.2) is 25.0 Å². The molecule has 2 rings (SSSR count). The zero-order valence-electron chi connectivity index (χ0n) is 11.3. The average molecular weight is 267 g/mol. The SMILES string of the molecule is CC(c1cccc(Cl)c1)N(C)CC1(CCN)CC1. The first kappa shape index (κ1) is 13.9. The summed E-state index contributed by atoms with van der Waals surface area (Å²) in [6, 6.07) is 8.56. The molecule has 0 bridgehead atoms. The van der Waals surface area contributed by atoms with Gasteiger partial charge in [-0.25, -0.2) is 0 Å². The van der Waals surface area contributed by atoms with Gasteiger partial charge in [-0.1, -0.05) is 23.7 Å². The van der Waals surface area contributed by atoms with E-state index in [9.17, 15) is 0 Å². The van der Waals surface area contributed by atoms with Gasteiger partial charge in [-0.2, -0.15) is 0 Å². The van der Waals surface area contributed by atoms with Crippen molar-refractivity contribution >= 4 is 11.6 Å². The van der Waals surface area contributed by atoms with Crippen molar-refractivity contribution in [1.82, 2.24) is 4.90 Å². The Labute approximate surface area is 115 Å². The van der Waals surface area contributed by atoms with E-state index >= 15 is 0 Å². The number of nitrogens with two attached hydrogens (primary N) is 1. The second-order valence-corrected chi connectivity index (χ2v) is 6.12. The van der Waals surface area contributed by atoms with Crippen LogP contribution in [0.1, 0.15) is 37.8 Å². The molecule has 100 valence electrons. The van der Waals surface area contributed by atoms with E-state index in [4.69, 9.17) is 17.3 Å². The van der Waals surface area contributed by atoms with Crippen molar-refractivity contribution < 1.29 is 0 Å². The molecule has 3 heteroatoms. The molecule has 1 aromatic carbocycles. The molecule has 0 aliphatic heterocycles. The Morgan fingerprint density at radius 3 is 2.72 bits per heavy atom.